The highest BCUT2D eigenvalue weighted by molar-refractivity contribution is 4.96. The van der Waals surface area contributed by atoms with Crippen LogP contribution in [-0.2, 0) is 0 Å². The Labute approximate surface area is 82.8 Å². The zero-order valence-corrected chi connectivity index (χ0v) is 8.47. The highest BCUT2D eigenvalue weighted by Gasteiger charge is 2.34. The maximum absolute atomic E-state index is 3.42. The summed E-state index contributed by atoms with van der Waals surface area (Å²) in [6, 6.07) is 1.88. The fraction of sp³-hybridized carbons (Fsp3) is 1.00. The number of rotatable bonds is 0. The molecule has 0 aromatic heterocycles. The van der Waals surface area contributed by atoms with Gasteiger partial charge in [0.2, 0.25) is 0 Å². The summed E-state index contributed by atoms with van der Waals surface area (Å²) in [5, 5.41) is 3.42. The fourth-order valence-corrected chi connectivity index (χ4v) is 3.63. The molecule has 1 N–H and O–H groups in total. The van der Waals surface area contributed by atoms with Crippen LogP contribution in [0.2, 0.25) is 0 Å². The molecule has 0 radical (unpaired) electrons. The van der Waals surface area contributed by atoms with Crippen LogP contribution in [0, 0.1) is 11.8 Å². The van der Waals surface area contributed by atoms with Crippen LogP contribution in [-0.4, -0.2) is 12.1 Å². The van der Waals surface area contributed by atoms with Gasteiger partial charge in [-0.25, -0.2) is 0 Å². The molecule has 5 aliphatic rings. The predicted octanol–water partition coefficient (Wildman–Crippen LogP) is 2.95. The van der Waals surface area contributed by atoms with Crippen LogP contribution in [0.15, 0.2) is 0 Å². The smallest absolute Gasteiger partial charge is 0.00850 e. The van der Waals surface area contributed by atoms with E-state index < -0.39 is 0 Å². The minimum atomic E-state index is 0. The Morgan fingerprint density at radius 2 is 1.15 bits per heavy atom. The van der Waals surface area contributed by atoms with E-state index in [9.17, 15) is 0 Å². The van der Waals surface area contributed by atoms with Gasteiger partial charge in [-0.15, -0.1) is 0 Å². The largest absolute Gasteiger partial charge is 0.311 e. The summed E-state index contributed by atoms with van der Waals surface area (Å²) in [4.78, 5) is 0. The lowest BCUT2D eigenvalue weighted by atomic mass is 10.0. The molecule has 1 nitrogen and oxygen atoms in total. The first-order valence-electron chi connectivity index (χ1n) is 6.16. The Morgan fingerprint density at radius 3 is 1.31 bits per heavy atom. The van der Waals surface area contributed by atoms with E-state index in [-0.39, 0.29) is 1.43 Å². The lowest BCUT2D eigenvalue weighted by molar-refractivity contribution is 0.369. The number of fused-ring (bicyclic) bond motifs is 3. The van der Waals surface area contributed by atoms with Gasteiger partial charge in [-0.3, -0.25) is 0 Å². The summed E-state index contributed by atoms with van der Waals surface area (Å²) in [5.41, 5.74) is 0. The number of hydrogen-bond acceptors (Lipinski definition) is 1. The standard InChI is InChI=1S/C7H12.C5H9N.H2/c1-2-7-4-3-6(1)5-7;1-2-5-3-4(1)6-5;/h6-7H,1-5H2;4-6H,1-3H2;1H. The third-order valence-corrected chi connectivity index (χ3v) is 4.54. The molecule has 13 heavy (non-hydrogen) atoms. The summed E-state index contributed by atoms with van der Waals surface area (Å²) in [5.74, 6) is 2.34. The fourth-order valence-electron chi connectivity index (χ4n) is 3.63. The first kappa shape index (κ1) is 8.28. The molecule has 4 bridgehead atoms. The van der Waals surface area contributed by atoms with E-state index in [0.29, 0.717) is 0 Å². The van der Waals surface area contributed by atoms with Gasteiger partial charge in [-0.1, -0.05) is 25.7 Å². The van der Waals surface area contributed by atoms with Crippen molar-refractivity contribution >= 4 is 0 Å². The van der Waals surface area contributed by atoms with Crippen molar-refractivity contribution in [2.75, 3.05) is 0 Å². The first-order valence-corrected chi connectivity index (χ1v) is 6.16. The van der Waals surface area contributed by atoms with Crippen LogP contribution in [0.5, 0.6) is 0 Å². The van der Waals surface area contributed by atoms with Gasteiger partial charge < -0.3 is 5.32 Å². The van der Waals surface area contributed by atoms with Gasteiger partial charge >= 0.3 is 0 Å². The van der Waals surface area contributed by atoms with Crippen molar-refractivity contribution in [2.45, 2.75) is 63.5 Å². The van der Waals surface area contributed by atoms with E-state index in [1.54, 1.807) is 32.1 Å². The Bertz CT molecular complexity index is 157. The highest BCUT2D eigenvalue weighted by Crippen LogP contribution is 2.43. The van der Waals surface area contributed by atoms with E-state index in [1.165, 1.54) is 31.1 Å². The van der Waals surface area contributed by atoms with Crippen LogP contribution in [0.25, 0.3) is 0 Å². The molecule has 0 aromatic carbocycles. The maximum Gasteiger partial charge on any atom is 0.00850 e. The van der Waals surface area contributed by atoms with Crippen molar-refractivity contribution in [3.05, 3.63) is 0 Å². The van der Waals surface area contributed by atoms with Crippen LogP contribution < -0.4 is 5.32 Å². The molecular weight excluding hydrogens is 158 g/mol. The molecule has 0 spiro atoms. The van der Waals surface area contributed by atoms with Gasteiger partial charge in [-0.05, 0) is 37.5 Å². The minimum Gasteiger partial charge on any atom is -0.311 e. The van der Waals surface area contributed by atoms with Crippen LogP contribution in [0.4, 0.5) is 0 Å². The van der Waals surface area contributed by atoms with Crippen LogP contribution in [0.3, 0.4) is 0 Å². The molecule has 5 fully saturated rings. The van der Waals surface area contributed by atoms with E-state index in [4.69, 9.17) is 0 Å². The number of nitrogens with one attached hydrogen (secondary N) is 1. The Morgan fingerprint density at radius 1 is 0.692 bits per heavy atom. The van der Waals surface area contributed by atoms with Crippen LogP contribution in [0.1, 0.15) is 52.8 Å². The average Bonchev–Trinajstić information content (AvgIpc) is 2.86. The van der Waals surface area contributed by atoms with E-state index in [1.807, 2.05) is 0 Å². The second kappa shape index (κ2) is 3.27. The normalized spacial score (nSPS) is 49.8. The summed E-state index contributed by atoms with van der Waals surface area (Å²) < 4.78 is 0. The molecule has 5 rings (SSSR count). The quantitative estimate of drug-likeness (QED) is 0.606. The molecule has 2 unspecified atom stereocenters. The average molecular weight is 181 g/mol. The number of hydrogen-bond donors (Lipinski definition) is 1. The van der Waals surface area contributed by atoms with Gasteiger partial charge in [0, 0.05) is 13.5 Å². The molecule has 76 valence electrons. The Kier molecular flexibility index (Phi) is 2.08. The molecule has 1 heteroatoms. The second-order valence-corrected chi connectivity index (χ2v) is 5.50. The zero-order valence-electron chi connectivity index (χ0n) is 8.47. The van der Waals surface area contributed by atoms with Crippen molar-refractivity contribution in [3.63, 3.8) is 0 Å². The summed E-state index contributed by atoms with van der Waals surface area (Å²) in [6.07, 6.45) is 12.2. The lowest BCUT2D eigenvalue weighted by Crippen LogP contribution is -2.43. The van der Waals surface area contributed by atoms with E-state index in [0.717, 1.165) is 12.1 Å². The third kappa shape index (κ3) is 1.63. The molecule has 2 saturated heterocycles. The van der Waals surface area contributed by atoms with E-state index in [2.05, 4.69) is 5.32 Å². The lowest BCUT2D eigenvalue weighted by Gasteiger charge is -2.24. The topological polar surface area (TPSA) is 12.0 Å². The minimum absolute atomic E-state index is 0. The SMILES string of the molecule is C1CC2CC1N2.C1CC2CCC1C2.[HH]. The van der Waals surface area contributed by atoms with Crippen molar-refractivity contribution in [1.82, 2.24) is 5.32 Å². The van der Waals surface area contributed by atoms with Gasteiger partial charge in [0.15, 0.2) is 0 Å². The van der Waals surface area contributed by atoms with Crippen molar-refractivity contribution in [2.24, 2.45) is 11.8 Å². The molecular formula is C12H23N. The van der Waals surface area contributed by atoms with Gasteiger partial charge in [0.25, 0.3) is 0 Å². The molecule has 2 aliphatic heterocycles. The van der Waals surface area contributed by atoms with E-state index >= 15 is 0 Å². The summed E-state index contributed by atoms with van der Waals surface area (Å²) in [6.45, 7) is 0. The van der Waals surface area contributed by atoms with Crippen molar-refractivity contribution in [3.8, 4) is 0 Å². The van der Waals surface area contributed by atoms with Crippen LogP contribution >= 0.6 is 0 Å². The van der Waals surface area contributed by atoms with Crippen molar-refractivity contribution in [1.29, 1.82) is 0 Å². The van der Waals surface area contributed by atoms with Gasteiger partial charge in [0.05, 0.1) is 0 Å². The Hall–Kier alpha value is -0.0400. The second-order valence-electron chi connectivity index (χ2n) is 5.50. The molecule has 2 atom stereocenters. The molecule has 0 amide bonds. The highest BCUT2D eigenvalue weighted by atomic mass is 15.1. The molecule has 3 saturated carbocycles. The van der Waals surface area contributed by atoms with Gasteiger partial charge in [-0.2, -0.15) is 0 Å². The molecule has 3 aliphatic carbocycles. The summed E-state index contributed by atoms with van der Waals surface area (Å²) >= 11 is 0. The predicted molar refractivity (Wildman–Crippen MR) is 56.7 cm³/mol. The Balaban J connectivity index is 0.000000101. The van der Waals surface area contributed by atoms with Gasteiger partial charge in [0.1, 0.15) is 0 Å². The monoisotopic (exact) mass is 181 g/mol. The first-order chi connectivity index (χ1) is 6.40. The molecule has 0 aromatic rings. The summed E-state index contributed by atoms with van der Waals surface area (Å²) in [7, 11) is 0. The molecule has 2 heterocycles. The zero-order chi connectivity index (χ0) is 8.67. The van der Waals surface area contributed by atoms with Crippen molar-refractivity contribution < 1.29 is 1.43 Å². The third-order valence-electron chi connectivity index (χ3n) is 4.54. The maximum atomic E-state index is 3.42.